The number of hydrogen-bond acceptors (Lipinski definition) is 6. The molecule has 0 saturated carbocycles. The third-order valence-electron chi connectivity index (χ3n) is 2.94. The van der Waals surface area contributed by atoms with E-state index in [0.717, 1.165) is 5.57 Å². The van der Waals surface area contributed by atoms with Crippen molar-refractivity contribution in [2.45, 2.75) is 57.7 Å². The summed E-state index contributed by atoms with van der Waals surface area (Å²) in [4.78, 5) is 23.3. The summed E-state index contributed by atoms with van der Waals surface area (Å²) < 4.78 is 5.41. The molecule has 0 aromatic heterocycles. The summed E-state index contributed by atoms with van der Waals surface area (Å²) >= 11 is 1.29. The SMILES string of the molecule is CC(C)C1=CSC(C(N)C(=O)O)NC1C(=O)OC(C)(C)C. The summed E-state index contributed by atoms with van der Waals surface area (Å²) in [6, 6.07) is -1.76. The second kappa shape index (κ2) is 6.81. The van der Waals surface area contributed by atoms with E-state index >= 15 is 0 Å². The fraction of sp³-hybridized carbons (Fsp3) is 0.714. The molecule has 0 fully saturated rings. The largest absolute Gasteiger partial charge is 0.480 e. The van der Waals surface area contributed by atoms with Crippen LogP contribution in [0.25, 0.3) is 0 Å². The van der Waals surface area contributed by atoms with Gasteiger partial charge in [-0.05, 0) is 37.7 Å². The molecule has 1 aliphatic rings. The van der Waals surface area contributed by atoms with Gasteiger partial charge in [0.1, 0.15) is 17.7 Å². The number of carboxylic acids is 1. The predicted molar refractivity (Wildman–Crippen MR) is 82.7 cm³/mol. The molecule has 120 valence electrons. The Balaban J connectivity index is 2.96. The van der Waals surface area contributed by atoms with Crippen LogP contribution in [0.2, 0.25) is 0 Å². The Labute approximate surface area is 129 Å². The number of hydrogen-bond donors (Lipinski definition) is 3. The van der Waals surface area contributed by atoms with Gasteiger partial charge in [0.05, 0.1) is 5.37 Å². The first-order valence-corrected chi connectivity index (χ1v) is 7.80. The van der Waals surface area contributed by atoms with Gasteiger partial charge in [-0.15, -0.1) is 11.8 Å². The highest BCUT2D eigenvalue weighted by Gasteiger charge is 2.37. The van der Waals surface area contributed by atoms with E-state index in [2.05, 4.69) is 5.32 Å². The van der Waals surface area contributed by atoms with E-state index in [1.165, 1.54) is 11.8 Å². The minimum atomic E-state index is -1.11. The Hall–Kier alpha value is -1.05. The zero-order chi connectivity index (χ0) is 16.4. The lowest BCUT2D eigenvalue weighted by Crippen LogP contribution is -2.56. The summed E-state index contributed by atoms with van der Waals surface area (Å²) in [5.41, 5.74) is 5.91. The van der Waals surface area contributed by atoms with Gasteiger partial charge in [-0.3, -0.25) is 10.1 Å². The number of nitrogens with one attached hydrogen (secondary N) is 1. The van der Waals surface area contributed by atoms with Crippen molar-refractivity contribution in [3.8, 4) is 0 Å². The van der Waals surface area contributed by atoms with Crippen LogP contribution >= 0.6 is 11.8 Å². The molecule has 0 bridgehead atoms. The molecule has 3 unspecified atom stereocenters. The van der Waals surface area contributed by atoms with Crippen molar-refractivity contribution in [1.82, 2.24) is 5.32 Å². The van der Waals surface area contributed by atoms with Crippen LogP contribution < -0.4 is 11.1 Å². The number of esters is 1. The number of nitrogens with two attached hydrogens (primary N) is 1. The molecule has 0 saturated heterocycles. The number of aliphatic carboxylic acids is 1. The standard InChI is InChI=1S/C14H24N2O4S/c1-7(2)8-6-21-11(9(15)12(17)18)16-10(8)13(19)20-14(3,4)5/h6-7,9-11,16H,15H2,1-5H3,(H,17,18). The molecule has 0 spiro atoms. The molecule has 0 aromatic rings. The Bertz CT molecular complexity index is 443. The van der Waals surface area contributed by atoms with Gasteiger partial charge < -0.3 is 15.6 Å². The van der Waals surface area contributed by atoms with Crippen LogP contribution in [0.15, 0.2) is 11.0 Å². The quantitative estimate of drug-likeness (QED) is 0.672. The van der Waals surface area contributed by atoms with Gasteiger partial charge in [-0.2, -0.15) is 0 Å². The van der Waals surface area contributed by atoms with Gasteiger partial charge in [-0.1, -0.05) is 13.8 Å². The summed E-state index contributed by atoms with van der Waals surface area (Å²) in [5.74, 6) is -1.38. The molecule has 3 atom stereocenters. The first-order chi connectivity index (χ1) is 9.53. The Morgan fingerprint density at radius 3 is 2.43 bits per heavy atom. The highest BCUT2D eigenvalue weighted by atomic mass is 32.2. The molecular weight excluding hydrogens is 292 g/mol. The minimum absolute atomic E-state index is 0.143. The first kappa shape index (κ1) is 18.0. The lowest BCUT2D eigenvalue weighted by molar-refractivity contribution is -0.157. The van der Waals surface area contributed by atoms with Crippen molar-refractivity contribution in [2.24, 2.45) is 11.7 Å². The molecule has 7 heteroatoms. The van der Waals surface area contributed by atoms with E-state index in [1.54, 1.807) is 20.8 Å². The average molecular weight is 316 g/mol. The fourth-order valence-electron chi connectivity index (χ4n) is 1.87. The molecule has 0 aromatic carbocycles. The maximum atomic E-state index is 12.3. The molecular formula is C14H24N2O4S. The first-order valence-electron chi connectivity index (χ1n) is 6.85. The fourth-order valence-corrected chi connectivity index (χ4v) is 3.08. The molecule has 0 radical (unpaired) electrons. The summed E-state index contributed by atoms with van der Waals surface area (Å²) in [7, 11) is 0. The molecule has 1 aliphatic heterocycles. The van der Waals surface area contributed by atoms with Crippen molar-refractivity contribution >= 4 is 23.7 Å². The predicted octanol–water partition coefficient (Wildman–Crippen LogP) is 1.31. The van der Waals surface area contributed by atoms with Gasteiger partial charge >= 0.3 is 11.9 Å². The molecule has 1 heterocycles. The van der Waals surface area contributed by atoms with Crippen LogP contribution in [0.3, 0.4) is 0 Å². The number of carbonyl (C=O) groups excluding carboxylic acids is 1. The van der Waals surface area contributed by atoms with Crippen LogP contribution in [-0.2, 0) is 14.3 Å². The van der Waals surface area contributed by atoms with E-state index in [4.69, 9.17) is 15.6 Å². The highest BCUT2D eigenvalue weighted by molar-refractivity contribution is 8.02. The smallest absolute Gasteiger partial charge is 0.328 e. The van der Waals surface area contributed by atoms with E-state index in [0.29, 0.717) is 0 Å². The van der Waals surface area contributed by atoms with Crippen LogP contribution in [0, 0.1) is 5.92 Å². The average Bonchev–Trinajstić information content (AvgIpc) is 2.34. The van der Waals surface area contributed by atoms with Gasteiger partial charge in [0.25, 0.3) is 0 Å². The van der Waals surface area contributed by atoms with Gasteiger partial charge in [0.2, 0.25) is 0 Å². The lowest BCUT2D eigenvalue weighted by atomic mass is 9.96. The summed E-state index contributed by atoms with van der Waals surface area (Å²) in [5, 5.41) is 13.3. The molecule has 21 heavy (non-hydrogen) atoms. The van der Waals surface area contributed by atoms with Crippen LogP contribution in [0.1, 0.15) is 34.6 Å². The molecule has 0 aliphatic carbocycles. The zero-order valence-corrected chi connectivity index (χ0v) is 13.9. The van der Waals surface area contributed by atoms with Gasteiger partial charge in [0.15, 0.2) is 0 Å². The third-order valence-corrected chi connectivity index (χ3v) is 4.07. The van der Waals surface area contributed by atoms with Gasteiger partial charge in [0, 0.05) is 0 Å². The van der Waals surface area contributed by atoms with Crippen molar-refractivity contribution in [3.63, 3.8) is 0 Å². The number of carboxylic acid groups (broad SMARTS) is 1. The van der Waals surface area contributed by atoms with Crippen molar-refractivity contribution in [1.29, 1.82) is 0 Å². The van der Waals surface area contributed by atoms with E-state index < -0.39 is 35.0 Å². The van der Waals surface area contributed by atoms with E-state index in [-0.39, 0.29) is 5.92 Å². The normalized spacial score (nSPS) is 24.4. The Morgan fingerprint density at radius 1 is 1.43 bits per heavy atom. The molecule has 1 rings (SSSR count). The van der Waals surface area contributed by atoms with E-state index in [1.807, 2.05) is 19.3 Å². The van der Waals surface area contributed by atoms with E-state index in [9.17, 15) is 9.59 Å². The molecule has 6 nitrogen and oxygen atoms in total. The highest BCUT2D eigenvalue weighted by Crippen LogP contribution is 2.29. The molecule has 4 N–H and O–H groups in total. The second-order valence-electron chi connectivity index (χ2n) is 6.33. The van der Waals surface area contributed by atoms with Crippen molar-refractivity contribution < 1.29 is 19.4 Å². The lowest BCUT2D eigenvalue weighted by Gasteiger charge is -2.34. The zero-order valence-electron chi connectivity index (χ0n) is 13.0. The Kier molecular flexibility index (Phi) is 5.83. The van der Waals surface area contributed by atoms with Crippen LogP contribution in [0.4, 0.5) is 0 Å². The second-order valence-corrected chi connectivity index (χ2v) is 7.34. The number of rotatable bonds is 4. The summed E-state index contributed by atoms with van der Waals surface area (Å²) in [6.07, 6.45) is 0. The third kappa shape index (κ3) is 5.01. The van der Waals surface area contributed by atoms with Crippen LogP contribution in [-0.4, -0.2) is 40.1 Å². The number of thioether (sulfide) groups is 1. The number of ether oxygens (including phenoxy) is 1. The summed E-state index contributed by atoms with van der Waals surface area (Å²) in [6.45, 7) is 9.33. The van der Waals surface area contributed by atoms with Crippen molar-refractivity contribution in [2.75, 3.05) is 0 Å². The topological polar surface area (TPSA) is 102 Å². The maximum Gasteiger partial charge on any atom is 0.328 e. The Morgan fingerprint density at radius 2 is 2.00 bits per heavy atom. The monoisotopic (exact) mass is 316 g/mol. The minimum Gasteiger partial charge on any atom is -0.480 e. The maximum absolute atomic E-state index is 12.3. The molecule has 0 amide bonds. The van der Waals surface area contributed by atoms with Crippen LogP contribution in [0.5, 0.6) is 0 Å². The number of carbonyl (C=O) groups is 2. The van der Waals surface area contributed by atoms with Gasteiger partial charge in [-0.25, -0.2) is 4.79 Å². The van der Waals surface area contributed by atoms with Crippen molar-refractivity contribution in [3.05, 3.63) is 11.0 Å².